The maximum Gasteiger partial charge on any atom is 0.416 e. The number of hydrogen-bond acceptors (Lipinski definition) is 5. The van der Waals surface area contributed by atoms with Crippen LogP contribution in [0, 0.1) is 5.41 Å². The summed E-state index contributed by atoms with van der Waals surface area (Å²) in [6.45, 7) is 7.20. The molecule has 12 heteroatoms. The summed E-state index contributed by atoms with van der Waals surface area (Å²) in [5.74, 6) is -1.49. The molecule has 0 bridgehead atoms. The number of alkyl halides is 3. The Morgan fingerprint density at radius 3 is 2.21 bits per heavy atom. The molecule has 4 rings (SSSR count). The van der Waals surface area contributed by atoms with Gasteiger partial charge in [0.05, 0.1) is 16.9 Å². The highest BCUT2D eigenvalue weighted by Gasteiger charge is 2.45. The van der Waals surface area contributed by atoms with E-state index >= 15 is 0 Å². The molecule has 47 heavy (non-hydrogen) atoms. The quantitative estimate of drug-likeness (QED) is 0.154. The minimum Gasteiger partial charge on any atom is -0.480 e. The van der Waals surface area contributed by atoms with Gasteiger partial charge in [-0.2, -0.15) is 13.2 Å². The van der Waals surface area contributed by atoms with Crippen molar-refractivity contribution in [3.8, 4) is 11.3 Å². The highest BCUT2D eigenvalue weighted by atomic mass is 35.5. The Balaban J connectivity index is 1.51. The topological polar surface area (TPSA) is 108 Å². The number of anilines is 1. The van der Waals surface area contributed by atoms with Crippen molar-refractivity contribution in [2.75, 3.05) is 5.32 Å². The maximum atomic E-state index is 13.4. The Bertz CT molecular complexity index is 1810. The number of halogens is 4. The number of amides is 2. The van der Waals surface area contributed by atoms with Gasteiger partial charge in [0.2, 0.25) is 0 Å². The molecule has 0 spiro atoms. The summed E-state index contributed by atoms with van der Waals surface area (Å²) in [5.41, 5.74) is 1.44. The zero-order valence-corrected chi connectivity index (χ0v) is 27.6. The van der Waals surface area contributed by atoms with E-state index in [0.717, 1.165) is 17.7 Å². The number of thioether (sulfide) groups is 1. The van der Waals surface area contributed by atoms with Crippen molar-refractivity contribution in [2.45, 2.75) is 50.9 Å². The lowest BCUT2D eigenvalue weighted by Crippen LogP contribution is -2.44. The van der Waals surface area contributed by atoms with Crippen molar-refractivity contribution in [3.63, 3.8) is 0 Å². The number of pyridine rings is 1. The largest absolute Gasteiger partial charge is 0.480 e. The molecule has 3 aromatic carbocycles. The van der Waals surface area contributed by atoms with Gasteiger partial charge >= 0.3 is 12.1 Å². The summed E-state index contributed by atoms with van der Waals surface area (Å²) in [6, 6.07) is 19.4. The van der Waals surface area contributed by atoms with Crippen LogP contribution in [0.1, 0.15) is 65.1 Å². The van der Waals surface area contributed by atoms with Gasteiger partial charge in [-0.05, 0) is 78.1 Å². The first-order valence-electron chi connectivity index (χ1n) is 14.5. The van der Waals surface area contributed by atoms with Crippen LogP contribution in [-0.4, -0.2) is 32.6 Å². The third-order valence-electron chi connectivity index (χ3n) is 7.79. The first kappa shape index (κ1) is 35.5. The standard InChI is InChI=1S/C35H33ClF3N3O4S/c1-33(2,3)34(4,32(45)46)47-20-22-8-5-9-23(15-22)31(44)42-28-12-11-26(36)18-27(28)29-17-24(13-14-40-29)30(43)41-19-21-7-6-10-25(16-21)35(37,38)39/h5-18H,19-20H2,1-4H3,(H,41,43)(H,42,44)(H,45,46). The highest BCUT2D eigenvalue weighted by molar-refractivity contribution is 8.00. The predicted octanol–water partition coefficient (Wildman–Crippen LogP) is 8.73. The molecule has 0 saturated carbocycles. The lowest BCUT2D eigenvalue weighted by atomic mass is 9.81. The molecule has 246 valence electrons. The molecule has 1 aromatic heterocycles. The van der Waals surface area contributed by atoms with Crippen LogP contribution in [0.15, 0.2) is 85.1 Å². The molecule has 4 aromatic rings. The third-order valence-corrected chi connectivity index (χ3v) is 9.87. The molecule has 1 heterocycles. The summed E-state index contributed by atoms with van der Waals surface area (Å²) < 4.78 is 38.2. The van der Waals surface area contributed by atoms with Gasteiger partial charge in [-0.1, -0.05) is 56.6 Å². The van der Waals surface area contributed by atoms with E-state index in [-0.39, 0.29) is 17.7 Å². The van der Waals surface area contributed by atoms with Crippen molar-refractivity contribution >= 4 is 46.8 Å². The fraction of sp³-hybridized carbons (Fsp3) is 0.257. The minimum absolute atomic E-state index is 0.123. The van der Waals surface area contributed by atoms with Crippen molar-refractivity contribution in [1.82, 2.24) is 10.3 Å². The summed E-state index contributed by atoms with van der Waals surface area (Å²) in [6.07, 6.45) is -3.09. The van der Waals surface area contributed by atoms with Gasteiger partial charge in [0.15, 0.2) is 0 Å². The summed E-state index contributed by atoms with van der Waals surface area (Å²) in [4.78, 5) is 42.8. The van der Waals surface area contributed by atoms with Crippen LogP contribution in [0.5, 0.6) is 0 Å². The zero-order chi connectivity index (χ0) is 34.6. The van der Waals surface area contributed by atoms with Crippen LogP contribution < -0.4 is 10.6 Å². The average Bonchev–Trinajstić information content (AvgIpc) is 3.02. The number of hydrogen-bond donors (Lipinski definition) is 3. The maximum absolute atomic E-state index is 13.4. The van der Waals surface area contributed by atoms with Gasteiger partial charge in [0.25, 0.3) is 11.8 Å². The third kappa shape index (κ3) is 8.72. The molecule has 0 saturated heterocycles. The Labute approximate surface area is 280 Å². The Hall–Kier alpha value is -4.35. The lowest BCUT2D eigenvalue weighted by molar-refractivity contribution is -0.142. The number of nitrogens with zero attached hydrogens (tertiary/aromatic N) is 1. The van der Waals surface area contributed by atoms with Crippen molar-refractivity contribution < 1.29 is 32.7 Å². The molecule has 0 aliphatic rings. The lowest BCUT2D eigenvalue weighted by Gasteiger charge is -2.37. The van der Waals surface area contributed by atoms with Crippen molar-refractivity contribution in [2.24, 2.45) is 5.41 Å². The fourth-order valence-corrected chi connectivity index (χ4v) is 5.89. The van der Waals surface area contributed by atoms with Gasteiger partial charge < -0.3 is 15.7 Å². The molecular weight excluding hydrogens is 651 g/mol. The van der Waals surface area contributed by atoms with E-state index in [4.69, 9.17) is 11.6 Å². The molecule has 7 nitrogen and oxygen atoms in total. The van der Waals surface area contributed by atoms with Gasteiger partial charge in [-0.3, -0.25) is 19.4 Å². The molecule has 1 unspecified atom stereocenters. The van der Waals surface area contributed by atoms with Gasteiger partial charge in [-0.15, -0.1) is 11.8 Å². The van der Waals surface area contributed by atoms with Crippen LogP contribution in [0.2, 0.25) is 5.02 Å². The number of aromatic nitrogens is 1. The number of carboxylic acid groups (broad SMARTS) is 1. The van der Waals surface area contributed by atoms with Gasteiger partial charge in [0.1, 0.15) is 4.75 Å². The highest BCUT2D eigenvalue weighted by Crippen LogP contribution is 2.43. The van der Waals surface area contributed by atoms with Crippen LogP contribution >= 0.6 is 23.4 Å². The number of aliphatic carboxylic acids is 1. The molecular formula is C35H33ClF3N3O4S. The molecule has 0 radical (unpaired) electrons. The van der Waals surface area contributed by atoms with E-state index in [0.29, 0.717) is 33.3 Å². The van der Waals surface area contributed by atoms with Gasteiger partial charge in [0, 0.05) is 40.2 Å². The van der Waals surface area contributed by atoms with E-state index in [1.807, 2.05) is 26.8 Å². The second-order valence-corrected chi connectivity index (χ2v) is 13.9. The van der Waals surface area contributed by atoms with Crippen LogP contribution in [0.3, 0.4) is 0 Å². The number of carbonyl (C=O) groups is 3. The van der Waals surface area contributed by atoms with E-state index in [1.165, 1.54) is 42.2 Å². The van der Waals surface area contributed by atoms with Crippen LogP contribution in [0.4, 0.5) is 18.9 Å². The van der Waals surface area contributed by atoms with E-state index in [9.17, 15) is 32.7 Å². The van der Waals surface area contributed by atoms with Gasteiger partial charge in [-0.25, -0.2) is 0 Å². The number of rotatable bonds is 10. The second kappa shape index (κ2) is 14.2. The van der Waals surface area contributed by atoms with Crippen molar-refractivity contribution in [1.29, 1.82) is 0 Å². The summed E-state index contributed by atoms with van der Waals surface area (Å²) in [5, 5.41) is 15.8. The monoisotopic (exact) mass is 683 g/mol. The SMILES string of the molecule is CC(C)(C)C(C)(SCc1cccc(C(=O)Nc2ccc(Cl)cc2-c2cc(C(=O)NCc3cccc(C(F)(F)F)c3)ccn2)c1)C(=O)O. The number of benzene rings is 3. The zero-order valence-electron chi connectivity index (χ0n) is 26.0. The smallest absolute Gasteiger partial charge is 0.416 e. The molecule has 0 aliphatic heterocycles. The molecule has 2 amide bonds. The predicted molar refractivity (Wildman–Crippen MR) is 178 cm³/mol. The molecule has 0 fully saturated rings. The van der Waals surface area contributed by atoms with Crippen LogP contribution in [0.25, 0.3) is 11.3 Å². The average molecular weight is 684 g/mol. The Kier molecular flexibility index (Phi) is 10.7. The number of carbonyl (C=O) groups excluding carboxylic acids is 2. The first-order chi connectivity index (χ1) is 22.0. The summed E-state index contributed by atoms with van der Waals surface area (Å²) in [7, 11) is 0. The molecule has 3 N–H and O–H groups in total. The molecule has 0 aliphatic carbocycles. The fourth-order valence-electron chi connectivity index (χ4n) is 4.52. The van der Waals surface area contributed by atoms with E-state index < -0.39 is 39.7 Å². The number of nitrogens with one attached hydrogen (secondary N) is 2. The van der Waals surface area contributed by atoms with E-state index in [1.54, 1.807) is 43.3 Å². The summed E-state index contributed by atoms with van der Waals surface area (Å²) >= 11 is 7.58. The van der Waals surface area contributed by atoms with Crippen LogP contribution in [-0.2, 0) is 23.3 Å². The van der Waals surface area contributed by atoms with E-state index in [2.05, 4.69) is 15.6 Å². The molecule has 1 atom stereocenters. The van der Waals surface area contributed by atoms with Crippen molar-refractivity contribution in [3.05, 3.63) is 118 Å². The second-order valence-electron chi connectivity index (χ2n) is 12.0. The Morgan fingerprint density at radius 2 is 1.53 bits per heavy atom. The normalized spacial score (nSPS) is 13.0. The first-order valence-corrected chi connectivity index (χ1v) is 15.8. The number of carboxylic acids is 1. The Morgan fingerprint density at radius 1 is 0.851 bits per heavy atom. The minimum atomic E-state index is -4.50.